The van der Waals surface area contributed by atoms with E-state index in [4.69, 9.17) is 9.68 Å². The van der Waals surface area contributed by atoms with E-state index in [2.05, 4.69) is 34.8 Å². The number of nitrogens with zero attached hydrogens (tertiary/aromatic N) is 1. The highest BCUT2D eigenvalue weighted by Crippen LogP contribution is 2.25. The molecule has 1 unspecified atom stereocenters. The highest BCUT2D eigenvalue weighted by Gasteiger charge is 2.26. The summed E-state index contributed by atoms with van der Waals surface area (Å²) in [5.74, 6) is 0. The van der Waals surface area contributed by atoms with Crippen LogP contribution in [0.3, 0.4) is 0 Å². The van der Waals surface area contributed by atoms with Gasteiger partial charge in [-0.15, -0.1) is 0 Å². The summed E-state index contributed by atoms with van der Waals surface area (Å²) in [6.07, 6.45) is 3.45. The van der Waals surface area contributed by atoms with Gasteiger partial charge in [-0.25, -0.2) is 4.84 Å². The molecule has 3 rings (SSSR count). The van der Waals surface area contributed by atoms with E-state index in [-0.39, 0.29) is 6.23 Å². The van der Waals surface area contributed by atoms with Gasteiger partial charge in [0.1, 0.15) is 6.26 Å². The fourth-order valence-electron chi connectivity index (χ4n) is 1.99. The Bertz CT molecular complexity index is 367. The first-order valence-electron chi connectivity index (χ1n) is 4.97. The van der Waals surface area contributed by atoms with Crippen molar-refractivity contribution in [1.82, 2.24) is 10.5 Å². The van der Waals surface area contributed by atoms with Crippen LogP contribution >= 0.6 is 0 Å². The van der Waals surface area contributed by atoms with Crippen LogP contribution in [0.2, 0.25) is 0 Å². The smallest absolute Gasteiger partial charge is 0.158 e. The Hall–Kier alpha value is -1.36. The molecule has 0 bridgehead atoms. The average Bonchev–Trinajstić information content (AvgIpc) is 2.74. The summed E-state index contributed by atoms with van der Waals surface area (Å²) < 4.78 is 0. The third kappa shape index (κ3) is 1.63. The van der Waals surface area contributed by atoms with Crippen molar-refractivity contribution in [2.24, 2.45) is 0 Å². The zero-order valence-electron chi connectivity index (χ0n) is 8.22. The van der Waals surface area contributed by atoms with Crippen LogP contribution in [0.5, 0.6) is 0 Å². The van der Waals surface area contributed by atoms with Crippen molar-refractivity contribution >= 4 is 0 Å². The first kappa shape index (κ1) is 8.91. The lowest BCUT2D eigenvalue weighted by Crippen LogP contribution is -2.37. The Kier molecular flexibility index (Phi) is 2.17. The minimum atomic E-state index is -0.0499. The van der Waals surface area contributed by atoms with E-state index >= 15 is 0 Å². The molecule has 0 aromatic heterocycles. The number of nitrogens with one attached hydrogen (secondary N) is 1. The normalized spacial score (nSPS) is 24.9. The summed E-state index contributed by atoms with van der Waals surface area (Å²) >= 11 is 0. The molecule has 2 aliphatic heterocycles. The standard InChI is InChI=1S/C11H12N2O2/c1-2-4-10-8-13(7-9(10)3-1)11-5-6-14-12-15-11/h1-6,11-12H,7-8H2. The van der Waals surface area contributed by atoms with Gasteiger partial charge in [-0.1, -0.05) is 24.3 Å². The maximum absolute atomic E-state index is 5.26. The molecule has 1 aromatic rings. The molecule has 4 heteroatoms. The van der Waals surface area contributed by atoms with Crippen molar-refractivity contribution < 1.29 is 9.68 Å². The van der Waals surface area contributed by atoms with Gasteiger partial charge >= 0.3 is 0 Å². The quantitative estimate of drug-likeness (QED) is 0.747. The number of rotatable bonds is 1. The molecule has 0 radical (unpaired) electrons. The topological polar surface area (TPSA) is 33.7 Å². The second kappa shape index (κ2) is 3.66. The maximum atomic E-state index is 5.26. The van der Waals surface area contributed by atoms with Crippen LogP contribution in [0.25, 0.3) is 0 Å². The van der Waals surface area contributed by atoms with Gasteiger partial charge in [-0.3, -0.25) is 4.90 Å². The van der Waals surface area contributed by atoms with Crippen LogP contribution in [0.4, 0.5) is 0 Å². The van der Waals surface area contributed by atoms with E-state index in [1.54, 1.807) is 6.26 Å². The van der Waals surface area contributed by atoms with Gasteiger partial charge in [0.25, 0.3) is 0 Å². The van der Waals surface area contributed by atoms with Crippen LogP contribution in [-0.2, 0) is 22.8 Å². The zero-order chi connectivity index (χ0) is 10.1. The summed E-state index contributed by atoms with van der Waals surface area (Å²) in [4.78, 5) is 12.2. The second-order valence-corrected chi connectivity index (χ2v) is 3.71. The van der Waals surface area contributed by atoms with E-state index in [0.717, 1.165) is 13.1 Å². The number of hydrogen-bond acceptors (Lipinski definition) is 4. The predicted molar refractivity (Wildman–Crippen MR) is 53.9 cm³/mol. The number of benzene rings is 1. The van der Waals surface area contributed by atoms with Gasteiger partial charge in [-0.2, -0.15) is 0 Å². The fourth-order valence-corrected chi connectivity index (χ4v) is 1.99. The van der Waals surface area contributed by atoms with E-state index in [1.807, 2.05) is 6.08 Å². The van der Waals surface area contributed by atoms with Crippen LogP contribution in [0.15, 0.2) is 36.6 Å². The molecule has 0 saturated heterocycles. The van der Waals surface area contributed by atoms with Crippen molar-refractivity contribution in [1.29, 1.82) is 0 Å². The van der Waals surface area contributed by atoms with Crippen LogP contribution in [-0.4, -0.2) is 11.1 Å². The Labute approximate surface area is 88.0 Å². The van der Waals surface area contributed by atoms with Crippen molar-refractivity contribution in [3.05, 3.63) is 47.7 Å². The largest absolute Gasteiger partial charge is 0.391 e. The highest BCUT2D eigenvalue weighted by atomic mass is 16.9. The molecule has 1 aromatic carbocycles. The SMILES string of the molecule is C1=CC(N2Cc3ccccc3C2)ONO1. The van der Waals surface area contributed by atoms with E-state index in [0.29, 0.717) is 0 Å². The number of hydrogen-bond donors (Lipinski definition) is 1. The Morgan fingerprint density at radius 1 is 1.20 bits per heavy atom. The van der Waals surface area contributed by atoms with Gasteiger partial charge in [0.2, 0.25) is 0 Å². The molecule has 0 fully saturated rings. The molecule has 1 atom stereocenters. The summed E-state index contributed by atoms with van der Waals surface area (Å²) in [6, 6.07) is 8.46. The summed E-state index contributed by atoms with van der Waals surface area (Å²) in [6.45, 7) is 1.85. The molecule has 2 aliphatic rings. The Morgan fingerprint density at radius 3 is 2.53 bits per heavy atom. The number of fused-ring (bicyclic) bond motifs is 1. The average molecular weight is 204 g/mol. The Morgan fingerprint density at radius 2 is 1.93 bits per heavy atom. The minimum absolute atomic E-state index is 0.0499. The predicted octanol–water partition coefficient (Wildman–Crippen LogP) is 1.31. The molecule has 0 saturated carbocycles. The lowest BCUT2D eigenvalue weighted by Gasteiger charge is -2.26. The second-order valence-electron chi connectivity index (χ2n) is 3.71. The van der Waals surface area contributed by atoms with Crippen LogP contribution in [0, 0.1) is 0 Å². The molecule has 4 nitrogen and oxygen atoms in total. The summed E-state index contributed by atoms with van der Waals surface area (Å²) in [5.41, 5.74) is 5.16. The minimum Gasteiger partial charge on any atom is -0.391 e. The molecule has 2 heterocycles. The molecule has 1 N–H and O–H groups in total. The molecule has 0 amide bonds. The maximum Gasteiger partial charge on any atom is 0.158 e. The lowest BCUT2D eigenvalue weighted by atomic mass is 10.1. The molecular weight excluding hydrogens is 192 g/mol. The summed E-state index contributed by atoms with van der Waals surface area (Å²) in [5, 5.41) is 0. The first-order chi connectivity index (χ1) is 7.43. The van der Waals surface area contributed by atoms with E-state index < -0.39 is 0 Å². The van der Waals surface area contributed by atoms with Crippen molar-refractivity contribution in [3.8, 4) is 0 Å². The molecular formula is C11H12N2O2. The van der Waals surface area contributed by atoms with Crippen LogP contribution < -0.4 is 5.64 Å². The third-order valence-electron chi connectivity index (χ3n) is 2.75. The summed E-state index contributed by atoms with van der Waals surface area (Å²) in [7, 11) is 0. The Balaban J connectivity index is 1.78. The van der Waals surface area contributed by atoms with Gasteiger partial charge < -0.3 is 4.84 Å². The molecule has 0 aliphatic carbocycles. The third-order valence-corrected chi connectivity index (χ3v) is 2.75. The van der Waals surface area contributed by atoms with Gasteiger partial charge in [0, 0.05) is 13.1 Å². The monoisotopic (exact) mass is 204 g/mol. The van der Waals surface area contributed by atoms with Gasteiger partial charge in [-0.05, 0) is 22.8 Å². The van der Waals surface area contributed by atoms with Crippen LogP contribution in [0.1, 0.15) is 11.1 Å². The first-order valence-corrected chi connectivity index (χ1v) is 4.97. The lowest BCUT2D eigenvalue weighted by molar-refractivity contribution is -0.209. The van der Waals surface area contributed by atoms with Gasteiger partial charge in [0.15, 0.2) is 6.23 Å². The van der Waals surface area contributed by atoms with E-state index in [1.165, 1.54) is 11.1 Å². The van der Waals surface area contributed by atoms with Gasteiger partial charge in [0.05, 0.1) is 0 Å². The molecule has 0 spiro atoms. The fraction of sp³-hybridized carbons (Fsp3) is 0.273. The van der Waals surface area contributed by atoms with E-state index in [9.17, 15) is 0 Å². The van der Waals surface area contributed by atoms with Crippen molar-refractivity contribution in [2.75, 3.05) is 0 Å². The molecule has 78 valence electrons. The molecule has 15 heavy (non-hydrogen) atoms. The van der Waals surface area contributed by atoms with Crippen molar-refractivity contribution in [2.45, 2.75) is 19.3 Å². The zero-order valence-corrected chi connectivity index (χ0v) is 8.22. The van der Waals surface area contributed by atoms with Crippen molar-refractivity contribution in [3.63, 3.8) is 0 Å². The highest BCUT2D eigenvalue weighted by molar-refractivity contribution is 5.30.